The van der Waals surface area contributed by atoms with Crippen LogP contribution < -0.4 is 5.32 Å². The Morgan fingerprint density at radius 3 is 2.65 bits per heavy atom. The number of aromatic nitrogens is 1. The van der Waals surface area contributed by atoms with Crippen molar-refractivity contribution in [2.24, 2.45) is 0 Å². The van der Waals surface area contributed by atoms with E-state index < -0.39 is 15.8 Å². The number of carbonyl (C=O) groups is 1. The molecular formula is C22H29N3O5S. The summed E-state index contributed by atoms with van der Waals surface area (Å²) in [5.74, 6) is -0.959. The summed E-state index contributed by atoms with van der Waals surface area (Å²) in [5.41, 5.74) is 4.22. The molecule has 0 unspecified atom stereocenters. The van der Waals surface area contributed by atoms with Gasteiger partial charge in [0.25, 0.3) is 5.91 Å². The lowest BCUT2D eigenvalue weighted by molar-refractivity contribution is -0.179. The van der Waals surface area contributed by atoms with Crippen molar-refractivity contribution in [3.8, 4) is 0 Å². The third-order valence-corrected chi connectivity index (χ3v) is 8.57. The number of aromatic amines is 1. The van der Waals surface area contributed by atoms with Gasteiger partial charge in [-0.2, -0.15) is 0 Å². The quantitative estimate of drug-likeness (QED) is 0.730. The lowest BCUT2D eigenvalue weighted by atomic mass is 9.95. The zero-order valence-corrected chi connectivity index (χ0v) is 18.4. The van der Waals surface area contributed by atoms with Crippen LogP contribution in [0.5, 0.6) is 0 Å². The van der Waals surface area contributed by atoms with E-state index >= 15 is 0 Å². The van der Waals surface area contributed by atoms with E-state index in [0.29, 0.717) is 44.7 Å². The van der Waals surface area contributed by atoms with Gasteiger partial charge < -0.3 is 19.8 Å². The maximum atomic E-state index is 12.7. The molecule has 0 atom stereocenters. The summed E-state index contributed by atoms with van der Waals surface area (Å²) in [6.07, 6.45) is 5.54. The molecule has 0 bridgehead atoms. The van der Waals surface area contributed by atoms with E-state index in [1.165, 1.54) is 28.4 Å². The van der Waals surface area contributed by atoms with E-state index in [-0.39, 0.29) is 18.2 Å². The number of sulfonamides is 1. The Hall–Kier alpha value is -1.94. The maximum Gasteiger partial charge on any atom is 0.251 e. The molecule has 3 heterocycles. The summed E-state index contributed by atoms with van der Waals surface area (Å²) in [4.78, 5) is 16.1. The predicted octanol–water partition coefficient (Wildman–Crippen LogP) is 1.95. The molecule has 9 heteroatoms. The van der Waals surface area contributed by atoms with Gasteiger partial charge in [-0.15, -0.1) is 0 Å². The molecule has 168 valence electrons. The molecular weight excluding hydrogens is 418 g/mol. The average Bonchev–Trinajstić information content (AvgIpc) is 3.38. The molecule has 2 aliphatic heterocycles. The van der Waals surface area contributed by atoms with Crippen LogP contribution in [0.25, 0.3) is 10.9 Å². The van der Waals surface area contributed by atoms with Crippen LogP contribution in [0.4, 0.5) is 0 Å². The number of H-pyrrole nitrogens is 1. The monoisotopic (exact) mass is 447 g/mol. The molecule has 31 heavy (non-hydrogen) atoms. The topological polar surface area (TPSA) is 101 Å². The van der Waals surface area contributed by atoms with Gasteiger partial charge in [-0.3, -0.25) is 4.79 Å². The first kappa shape index (κ1) is 20.9. The van der Waals surface area contributed by atoms with Crippen molar-refractivity contribution in [1.82, 2.24) is 14.6 Å². The molecule has 0 radical (unpaired) electrons. The van der Waals surface area contributed by atoms with Crippen LogP contribution in [-0.4, -0.2) is 68.0 Å². The minimum atomic E-state index is -3.44. The number of fused-ring (bicyclic) bond motifs is 3. The van der Waals surface area contributed by atoms with Gasteiger partial charge >= 0.3 is 0 Å². The van der Waals surface area contributed by atoms with Crippen LogP contribution in [0.3, 0.4) is 0 Å². The number of amides is 1. The first-order chi connectivity index (χ1) is 15.0. The number of benzene rings is 1. The van der Waals surface area contributed by atoms with Gasteiger partial charge in [-0.1, -0.05) is 0 Å². The van der Waals surface area contributed by atoms with Crippen LogP contribution in [0, 0.1) is 0 Å². The van der Waals surface area contributed by atoms with E-state index in [1.54, 1.807) is 6.07 Å². The largest absolute Gasteiger partial charge is 0.358 e. The number of carbonyl (C=O) groups excluding carboxylic acids is 1. The molecule has 5 rings (SSSR count). The number of aryl methyl sites for hydroxylation is 2. The lowest BCUT2D eigenvalue weighted by Gasteiger charge is -2.36. The van der Waals surface area contributed by atoms with Gasteiger partial charge in [-0.05, 0) is 49.4 Å². The van der Waals surface area contributed by atoms with Crippen LogP contribution in [0.15, 0.2) is 18.2 Å². The minimum absolute atomic E-state index is 0.0824. The molecule has 8 nitrogen and oxygen atoms in total. The number of hydrogen-bond donors (Lipinski definition) is 2. The van der Waals surface area contributed by atoms with Crippen LogP contribution >= 0.6 is 0 Å². The zero-order valence-electron chi connectivity index (χ0n) is 17.6. The molecule has 1 aromatic heterocycles. The van der Waals surface area contributed by atoms with Crippen molar-refractivity contribution in [3.63, 3.8) is 0 Å². The highest BCUT2D eigenvalue weighted by Crippen LogP contribution is 2.32. The molecule has 2 N–H and O–H groups in total. The summed E-state index contributed by atoms with van der Waals surface area (Å²) < 4.78 is 38.2. The van der Waals surface area contributed by atoms with Crippen LogP contribution in [0.1, 0.15) is 47.3 Å². The second kappa shape index (κ2) is 8.20. The van der Waals surface area contributed by atoms with Crippen molar-refractivity contribution in [2.45, 2.75) is 44.3 Å². The Labute approximate surface area is 182 Å². The Morgan fingerprint density at radius 2 is 1.87 bits per heavy atom. The number of piperidine rings is 1. The highest BCUT2D eigenvalue weighted by atomic mass is 32.2. The van der Waals surface area contributed by atoms with Crippen molar-refractivity contribution >= 4 is 26.8 Å². The molecule has 1 spiro atoms. The summed E-state index contributed by atoms with van der Waals surface area (Å²) in [5, 5.41) is 3.88. The Bertz CT molecular complexity index is 1080. The van der Waals surface area contributed by atoms with Crippen LogP contribution in [0.2, 0.25) is 0 Å². The van der Waals surface area contributed by atoms with Crippen molar-refractivity contribution in [1.29, 1.82) is 0 Å². The fourth-order valence-corrected chi connectivity index (χ4v) is 6.32. The smallest absolute Gasteiger partial charge is 0.251 e. The fraction of sp³-hybridized carbons (Fsp3) is 0.591. The first-order valence-electron chi connectivity index (χ1n) is 11.1. The Morgan fingerprint density at radius 1 is 1.13 bits per heavy atom. The van der Waals surface area contributed by atoms with Crippen LogP contribution in [-0.2, 0) is 32.3 Å². The molecule has 2 saturated heterocycles. The standard InChI is InChI=1S/C22H29N3O5S/c26-21(16-5-6-20-18(15-16)17-3-1-2-4-19(17)24-20)23-9-14-31(27,28)25-10-7-22(8-11-25)29-12-13-30-22/h5-6,15,24H,1-4,7-14H2,(H,23,26). The summed E-state index contributed by atoms with van der Waals surface area (Å²) in [6.45, 7) is 1.97. The zero-order chi connectivity index (χ0) is 21.5. The van der Waals surface area contributed by atoms with Gasteiger partial charge in [0, 0.05) is 54.6 Å². The van der Waals surface area contributed by atoms with Gasteiger partial charge in [0.1, 0.15) is 0 Å². The number of rotatable bonds is 5. The highest BCUT2D eigenvalue weighted by molar-refractivity contribution is 7.89. The number of nitrogens with zero attached hydrogens (tertiary/aromatic N) is 1. The summed E-state index contributed by atoms with van der Waals surface area (Å²) >= 11 is 0. The second-order valence-electron chi connectivity index (χ2n) is 8.63. The highest BCUT2D eigenvalue weighted by Gasteiger charge is 2.42. The van der Waals surface area contributed by atoms with Gasteiger partial charge in [0.05, 0.1) is 19.0 Å². The Balaban J connectivity index is 1.18. The van der Waals surface area contributed by atoms with Gasteiger partial charge in [0.15, 0.2) is 5.79 Å². The van der Waals surface area contributed by atoms with Crippen molar-refractivity contribution in [3.05, 3.63) is 35.0 Å². The van der Waals surface area contributed by atoms with Gasteiger partial charge in [0.2, 0.25) is 10.0 Å². The van der Waals surface area contributed by atoms with E-state index in [0.717, 1.165) is 23.7 Å². The number of ether oxygens (including phenoxy) is 2. The van der Waals surface area contributed by atoms with E-state index in [9.17, 15) is 13.2 Å². The second-order valence-corrected chi connectivity index (χ2v) is 10.7. The molecule has 1 aliphatic carbocycles. The third kappa shape index (κ3) is 4.11. The third-order valence-electron chi connectivity index (χ3n) is 6.70. The lowest BCUT2D eigenvalue weighted by Crippen LogP contribution is -2.48. The fourth-order valence-electron chi connectivity index (χ4n) is 4.96. The summed E-state index contributed by atoms with van der Waals surface area (Å²) in [7, 11) is -3.44. The number of hydrogen-bond acceptors (Lipinski definition) is 5. The van der Waals surface area contributed by atoms with Crippen molar-refractivity contribution < 1.29 is 22.7 Å². The average molecular weight is 448 g/mol. The molecule has 1 amide bonds. The molecule has 3 aliphatic rings. The van der Waals surface area contributed by atoms with E-state index in [1.807, 2.05) is 12.1 Å². The molecule has 1 aromatic carbocycles. The van der Waals surface area contributed by atoms with E-state index in [4.69, 9.17) is 9.47 Å². The predicted molar refractivity (Wildman–Crippen MR) is 117 cm³/mol. The maximum absolute atomic E-state index is 12.7. The van der Waals surface area contributed by atoms with E-state index in [2.05, 4.69) is 10.3 Å². The minimum Gasteiger partial charge on any atom is -0.358 e. The first-order valence-corrected chi connectivity index (χ1v) is 12.7. The number of nitrogens with one attached hydrogen (secondary N) is 2. The van der Waals surface area contributed by atoms with Crippen molar-refractivity contribution in [2.75, 3.05) is 38.6 Å². The SMILES string of the molecule is O=C(NCCS(=O)(=O)N1CCC2(CC1)OCCO2)c1ccc2[nH]c3c(c2c1)CCCC3. The molecule has 2 aromatic rings. The molecule has 0 saturated carbocycles. The normalized spacial score (nSPS) is 21.4. The Kier molecular flexibility index (Phi) is 5.54. The molecule has 2 fully saturated rings. The van der Waals surface area contributed by atoms with Gasteiger partial charge in [-0.25, -0.2) is 12.7 Å². The summed E-state index contributed by atoms with van der Waals surface area (Å²) in [6, 6.07) is 5.65.